The number of rotatable bonds is 9. The van der Waals surface area contributed by atoms with Crippen LogP contribution in [-0.4, -0.2) is 66.4 Å². The summed E-state index contributed by atoms with van der Waals surface area (Å²) in [6, 6.07) is 15.5. The van der Waals surface area contributed by atoms with E-state index in [4.69, 9.17) is 0 Å². The molecule has 0 radical (unpaired) electrons. The number of anilines is 1. The number of hydrogen-bond donors (Lipinski definition) is 1. The van der Waals surface area contributed by atoms with Crippen molar-refractivity contribution in [2.24, 2.45) is 11.3 Å². The molecule has 3 aromatic carbocycles. The molecule has 54 heavy (non-hydrogen) atoms. The Kier molecular flexibility index (Phi) is 9.78. The molecule has 1 N–H and O–H groups in total. The lowest BCUT2D eigenvalue weighted by atomic mass is 9.57. The number of nitrogens with one attached hydrogen (secondary N) is 1. The number of likely N-dealkylation sites (tertiary alicyclic amines) is 1. The molecule has 1 spiro atoms. The molecular weight excluding hydrogens is 752 g/mol. The number of benzene rings is 3. The first kappa shape index (κ1) is 37.0. The van der Waals surface area contributed by atoms with E-state index in [1.54, 1.807) is 0 Å². The Morgan fingerprint density at radius 3 is 2.41 bits per heavy atom. The molecule has 8 rings (SSSR count). The molecule has 1 aliphatic carbocycles. The van der Waals surface area contributed by atoms with Crippen LogP contribution in [0.5, 0.6) is 0 Å². The van der Waals surface area contributed by atoms with Crippen LogP contribution >= 0.6 is 15.9 Å². The second-order valence-corrected chi connectivity index (χ2v) is 17.6. The van der Waals surface area contributed by atoms with Crippen LogP contribution in [0.4, 0.5) is 14.5 Å². The van der Waals surface area contributed by atoms with Gasteiger partial charge in [-0.1, -0.05) is 18.2 Å². The third-order valence-electron chi connectivity index (χ3n) is 13.1. The molecule has 1 unspecified atom stereocenters. The Bertz CT molecular complexity index is 2160. The van der Waals surface area contributed by atoms with E-state index in [1.165, 1.54) is 43.1 Å². The van der Waals surface area contributed by atoms with Crippen molar-refractivity contribution in [1.82, 2.24) is 19.8 Å². The molecule has 1 aromatic heterocycles. The van der Waals surface area contributed by atoms with Crippen LogP contribution in [-0.2, 0) is 15.0 Å². The molecule has 0 bridgehead atoms. The molecule has 8 nitrogen and oxygen atoms in total. The minimum Gasteiger partial charge on any atom is -0.371 e. The maximum absolute atomic E-state index is 15.2. The number of hydrogen-bond acceptors (Lipinski definition) is 6. The largest absolute Gasteiger partial charge is 0.371 e. The zero-order chi connectivity index (χ0) is 37.9. The highest BCUT2D eigenvalue weighted by Crippen LogP contribution is 2.53. The van der Waals surface area contributed by atoms with Gasteiger partial charge in [-0.05, 0) is 147 Å². The van der Waals surface area contributed by atoms with Gasteiger partial charge in [0.2, 0.25) is 5.91 Å². The van der Waals surface area contributed by atoms with Gasteiger partial charge in [-0.3, -0.25) is 14.2 Å². The zero-order valence-electron chi connectivity index (χ0n) is 31.3. The molecule has 4 aromatic rings. The van der Waals surface area contributed by atoms with Crippen molar-refractivity contribution in [1.29, 1.82) is 0 Å². The molecule has 1 atom stereocenters. The van der Waals surface area contributed by atoms with Crippen LogP contribution in [0.25, 0.3) is 16.6 Å². The fourth-order valence-corrected chi connectivity index (χ4v) is 10.6. The lowest BCUT2D eigenvalue weighted by molar-refractivity contribution is -0.120. The van der Waals surface area contributed by atoms with Crippen LogP contribution in [0.2, 0.25) is 0 Å². The molecule has 2 saturated heterocycles. The summed E-state index contributed by atoms with van der Waals surface area (Å²) in [7, 11) is 1.49. The predicted octanol–water partition coefficient (Wildman–Crippen LogP) is 7.75. The van der Waals surface area contributed by atoms with E-state index < -0.39 is 17.6 Å². The monoisotopic (exact) mass is 799 g/mol. The van der Waals surface area contributed by atoms with Gasteiger partial charge in [0.1, 0.15) is 23.7 Å². The molecule has 3 aliphatic heterocycles. The van der Waals surface area contributed by atoms with Crippen molar-refractivity contribution in [2.45, 2.75) is 82.5 Å². The smallest absolute Gasteiger partial charge is 0.281 e. The summed E-state index contributed by atoms with van der Waals surface area (Å²) >= 11 is 3.59. The molecule has 4 aliphatic rings. The number of fused-ring (bicyclic) bond motifs is 5. The Morgan fingerprint density at radius 1 is 1.04 bits per heavy atom. The van der Waals surface area contributed by atoms with Gasteiger partial charge in [0, 0.05) is 54.7 Å². The Labute approximate surface area is 323 Å². The molecular formula is C43H48BrF2N5O3. The molecule has 284 valence electrons. The third-order valence-corrected chi connectivity index (χ3v) is 13.8. The summed E-state index contributed by atoms with van der Waals surface area (Å²) < 4.78 is 33.4. The maximum atomic E-state index is 15.2. The van der Waals surface area contributed by atoms with Gasteiger partial charge >= 0.3 is 0 Å². The molecule has 1 saturated carbocycles. The lowest BCUT2D eigenvalue weighted by Gasteiger charge is -2.54. The van der Waals surface area contributed by atoms with Gasteiger partial charge in [-0.2, -0.15) is 4.98 Å². The van der Waals surface area contributed by atoms with E-state index in [1.807, 2.05) is 18.2 Å². The van der Waals surface area contributed by atoms with Gasteiger partial charge in [0.15, 0.2) is 0 Å². The lowest BCUT2D eigenvalue weighted by Crippen LogP contribution is -2.50. The first-order valence-electron chi connectivity index (χ1n) is 19.4. The summed E-state index contributed by atoms with van der Waals surface area (Å²) in [6.45, 7) is 9.10. The van der Waals surface area contributed by atoms with E-state index in [9.17, 15) is 14.4 Å². The highest BCUT2D eigenvalue weighted by Gasteiger charge is 2.46. The first-order chi connectivity index (χ1) is 25.9. The van der Waals surface area contributed by atoms with Crippen molar-refractivity contribution >= 4 is 44.7 Å². The van der Waals surface area contributed by atoms with Gasteiger partial charge in [0.05, 0.1) is 22.0 Å². The SMILES string of the molecule is CNC(=O)CCC(C=O)c1c(F)cc(N2CCC3(CC2)CC(CN2CCC(c4ccc5c(c4)-n4c(nc(=O)c6c(Br)cccc64)C5(C)C)CC2)C3)cc1F. The van der Waals surface area contributed by atoms with E-state index in [-0.39, 0.29) is 35.3 Å². The van der Waals surface area contributed by atoms with Crippen molar-refractivity contribution in [2.75, 3.05) is 44.7 Å². The number of aldehydes is 1. The van der Waals surface area contributed by atoms with Gasteiger partial charge < -0.3 is 19.9 Å². The fourth-order valence-electron chi connectivity index (χ4n) is 10.1. The summed E-state index contributed by atoms with van der Waals surface area (Å²) in [5.74, 6) is -0.769. The Morgan fingerprint density at radius 2 is 1.74 bits per heavy atom. The average Bonchev–Trinajstić information content (AvgIpc) is 3.37. The number of piperidine rings is 2. The van der Waals surface area contributed by atoms with Crippen molar-refractivity contribution in [3.63, 3.8) is 0 Å². The molecule has 3 fully saturated rings. The normalized spacial score (nSPS) is 20.1. The number of carbonyl (C=O) groups is 2. The third kappa shape index (κ3) is 6.48. The van der Waals surface area contributed by atoms with E-state index in [2.05, 4.69) is 72.6 Å². The standard InChI is InChI=1S/C43H48BrF2N5O3/c1-42(2)31-9-7-28(19-36(31)51-35-6-4-5-32(44)39(35)40(54)48-41(42)51)27-11-15-49(16-12-27)24-26-22-43(23-26)13-17-50(18-14-43)30-20-33(45)38(34(46)21-30)29(25-52)8-10-37(53)47-3/h4-7,9,19-21,25-27,29H,8,10-18,22-24H2,1-3H3,(H,47,53). The van der Waals surface area contributed by atoms with Crippen molar-refractivity contribution < 1.29 is 18.4 Å². The fraction of sp³-hybridized carbons (Fsp3) is 0.488. The first-order valence-corrected chi connectivity index (χ1v) is 20.2. The second-order valence-electron chi connectivity index (χ2n) is 16.7. The van der Waals surface area contributed by atoms with E-state index in [0.29, 0.717) is 34.6 Å². The number of nitrogens with zero attached hydrogens (tertiary/aromatic N) is 4. The summed E-state index contributed by atoms with van der Waals surface area (Å²) in [5.41, 5.74) is 4.58. The zero-order valence-corrected chi connectivity index (χ0v) is 32.9. The molecule has 11 heteroatoms. The topological polar surface area (TPSA) is 87.5 Å². The Balaban J connectivity index is 0.854. The number of halogens is 3. The minimum atomic E-state index is -1.00. The van der Waals surface area contributed by atoms with Crippen LogP contribution in [0.3, 0.4) is 0 Å². The van der Waals surface area contributed by atoms with E-state index in [0.717, 1.165) is 79.9 Å². The van der Waals surface area contributed by atoms with Crippen molar-refractivity contribution in [3.05, 3.63) is 97.5 Å². The van der Waals surface area contributed by atoms with Crippen LogP contribution in [0, 0.1) is 23.0 Å². The number of carbonyl (C=O) groups excluding carboxylic acids is 2. The predicted molar refractivity (Wildman–Crippen MR) is 211 cm³/mol. The van der Waals surface area contributed by atoms with Gasteiger partial charge in [-0.15, -0.1) is 0 Å². The minimum absolute atomic E-state index is 0.0261. The highest BCUT2D eigenvalue weighted by atomic mass is 79.9. The maximum Gasteiger partial charge on any atom is 0.281 e. The van der Waals surface area contributed by atoms with Crippen LogP contribution in [0.1, 0.15) is 99.6 Å². The number of aromatic nitrogens is 2. The summed E-state index contributed by atoms with van der Waals surface area (Å²) in [6.07, 6.45) is 7.27. The van der Waals surface area contributed by atoms with E-state index >= 15 is 8.78 Å². The quantitative estimate of drug-likeness (QED) is 0.174. The Hall–Kier alpha value is -3.96. The summed E-state index contributed by atoms with van der Waals surface area (Å²) in [4.78, 5) is 45.7. The molecule has 4 heterocycles. The summed E-state index contributed by atoms with van der Waals surface area (Å²) in [5, 5.41) is 3.09. The van der Waals surface area contributed by atoms with Crippen LogP contribution in [0.15, 0.2) is 57.8 Å². The second kappa shape index (κ2) is 14.3. The van der Waals surface area contributed by atoms with Crippen molar-refractivity contribution in [3.8, 4) is 5.69 Å². The average molecular weight is 801 g/mol. The van der Waals surface area contributed by atoms with Crippen LogP contribution < -0.4 is 15.8 Å². The van der Waals surface area contributed by atoms with Gasteiger partial charge in [-0.25, -0.2) is 8.78 Å². The number of amides is 1. The van der Waals surface area contributed by atoms with Gasteiger partial charge in [0.25, 0.3) is 5.56 Å². The molecule has 1 amide bonds. The highest BCUT2D eigenvalue weighted by molar-refractivity contribution is 9.10.